The summed E-state index contributed by atoms with van der Waals surface area (Å²) >= 11 is 0. The molecule has 0 aromatic heterocycles. The van der Waals surface area contributed by atoms with Crippen LogP contribution >= 0.6 is 0 Å². The molecule has 0 saturated carbocycles. The highest BCUT2D eigenvalue weighted by atomic mass is 16.5. The average molecular weight is 480 g/mol. The number of fused-ring (bicyclic) bond motifs is 3. The molecule has 2 aromatic rings. The largest absolute Gasteiger partial charge is 0.480 e. The lowest BCUT2D eigenvalue weighted by Crippen LogP contribution is -2.60. The fraction of sp³-hybridized carbons (Fsp3) is 0.385. The van der Waals surface area contributed by atoms with Crippen LogP contribution in [0, 0.1) is 5.92 Å². The Morgan fingerprint density at radius 2 is 1.69 bits per heavy atom. The molecule has 2 aliphatic rings. The van der Waals surface area contributed by atoms with Crippen LogP contribution in [-0.4, -0.2) is 78.1 Å². The number of ether oxygens (including phenoxy) is 1. The molecule has 1 aliphatic carbocycles. The molecule has 2 unspecified atom stereocenters. The van der Waals surface area contributed by atoms with Crippen LogP contribution in [0.25, 0.3) is 11.1 Å². The smallest absolute Gasteiger partial charge is 0.407 e. The Balaban J connectivity index is 1.28. The van der Waals surface area contributed by atoms with Crippen molar-refractivity contribution in [2.45, 2.75) is 25.3 Å². The maximum absolute atomic E-state index is 12.8. The Labute approximate surface area is 203 Å². The number of amides is 3. The average Bonchev–Trinajstić information content (AvgIpc) is 3.17. The summed E-state index contributed by atoms with van der Waals surface area (Å²) in [5, 5.41) is 12.1. The highest BCUT2D eigenvalue weighted by molar-refractivity contribution is 5.92. The normalized spacial score (nSPS) is 18.0. The predicted molar refractivity (Wildman–Crippen MR) is 128 cm³/mol. The first-order valence-electron chi connectivity index (χ1n) is 11.6. The Morgan fingerprint density at radius 3 is 2.29 bits per heavy atom. The monoisotopic (exact) mass is 479 g/mol. The van der Waals surface area contributed by atoms with E-state index < -0.39 is 29.9 Å². The second-order valence-electron chi connectivity index (χ2n) is 9.04. The summed E-state index contributed by atoms with van der Waals surface area (Å²) in [6, 6.07) is 15.1. The van der Waals surface area contributed by atoms with Crippen LogP contribution in [0.4, 0.5) is 4.79 Å². The van der Waals surface area contributed by atoms with Gasteiger partial charge in [0, 0.05) is 25.4 Å². The summed E-state index contributed by atoms with van der Waals surface area (Å²) in [4.78, 5) is 51.2. The molecule has 4 rings (SSSR count). The van der Waals surface area contributed by atoms with Crippen molar-refractivity contribution < 1.29 is 29.0 Å². The van der Waals surface area contributed by atoms with Gasteiger partial charge in [0.25, 0.3) is 0 Å². The van der Waals surface area contributed by atoms with Gasteiger partial charge in [-0.25, -0.2) is 9.59 Å². The van der Waals surface area contributed by atoms with E-state index in [-0.39, 0.29) is 44.5 Å². The molecular formula is C26H29N3O6. The molecule has 3 amide bonds. The van der Waals surface area contributed by atoms with Crippen molar-refractivity contribution >= 4 is 23.9 Å². The van der Waals surface area contributed by atoms with Crippen molar-refractivity contribution in [3.63, 3.8) is 0 Å². The minimum atomic E-state index is -1.15. The zero-order valence-electron chi connectivity index (χ0n) is 19.8. The molecule has 0 radical (unpaired) electrons. The van der Waals surface area contributed by atoms with Crippen LogP contribution in [0.1, 0.15) is 30.4 Å². The van der Waals surface area contributed by atoms with E-state index >= 15 is 0 Å². The van der Waals surface area contributed by atoms with Crippen molar-refractivity contribution in [1.82, 2.24) is 15.1 Å². The molecule has 2 N–H and O–H groups in total. The molecule has 35 heavy (non-hydrogen) atoms. The van der Waals surface area contributed by atoms with Crippen LogP contribution in [0.5, 0.6) is 0 Å². The highest BCUT2D eigenvalue weighted by Gasteiger charge is 2.39. The van der Waals surface area contributed by atoms with E-state index in [1.165, 1.54) is 11.9 Å². The second kappa shape index (κ2) is 10.2. The first-order chi connectivity index (χ1) is 16.8. The number of carbonyl (C=O) groups excluding carboxylic acids is 3. The summed E-state index contributed by atoms with van der Waals surface area (Å²) in [6.45, 7) is 1.71. The first kappa shape index (κ1) is 24.3. The molecule has 184 valence electrons. The topological polar surface area (TPSA) is 116 Å². The van der Waals surface area contributed by atoms with Gasteiger partial charge >= 0.3 is 12.1 Å². The highest BCUT2D eigenvalue weighted by Crippen LogP contribution is 2.44. The number of benzene rings is 2. The van der Waals surface area contributed by atoms with Crippen molar-refractivity contribution in [2.75, 3.05) is 33.3 Å². The molecule has 1 heterocycles. The van der Waals surface area contributed by atoms with Gasteiger partial charge in [0.05, 0.1) is 6.54 Å². The summed E-state index contributed by atoms with van der Waals surface area (Å²) in [6.07, 6.45) is -0.291. The van der Waals surface area contributed by atoms with Crippen molar-refractivity contribution in [3.8, 4) is 11.1 Å². The standard InChI is InChI=1S/C26H29N3O6/c1-16(24(31)29-14-23(30)28(2)13-22(29)25(32)33)11-12-27-26(34)35-15-21-19-9-5-3-7-17(19)18-8-4-6-10-20(18)21/h3-10,16,21-22H,11-15H2,1-2H3,(H,27,34)(H,32,33). The van der Waals surface area contributed by atoms with Crippen LogP contribution < -0.4 is 5.32 Å². The van der Waals surface area contributed by atoms with Crippen LogP contribution in [0.2, 0.25) is 0 Å². The van der Waals surface area contributed by atoms with Crippen molar-refractivity contribution in [3.05, 3.63) is 59.7 Å². The number of alkyl carbamates (subject to hydrolysis) is 1. The van der Waals surface area contributed by atoms with Gasteiger partial charge in [-0.2, -0.15) is 0 Å². The molecule has 1 saturated heterocycles. The number of nitrogens with zero attached hydrogens (tertiary/aromatic N) is 2. The van der Waals surface area contributed by atoms with E-state index in [1.807, 2.05) is 36.4 Å². The van der Waals surface area contributed by atoms with Crippen molar-refractivity contribution in [1.29, 1.82) is 0 Å². The number of nitrogens with one attached hydrogen (secondary N) is 1. The third-order valence-electron chi connectivity index (χ3n) is 6.73. The first-order valence-corrected chi connectivity index (χ1v) is 11.6. The number of piperazine rings is 1. The minimum Gasteiger partial charge on any atom is -0.480 e. The third-order valence-corrected chi connectivity index (χ3v) is 6.73. The number of carboxylic acids is 1. The maximum Gasteiger partial charge on any atom is 0.407 e. The number of carboxylic acid groups (broad SMARTS) is 1. The summed E-state index contributed by atoms with van der Waals surface area (Å²) < 4.78 is 5.50. The van der Waals surface area contributed by atoms with Crippen LogP contribution in [-0.2, 0) is 19.1 Å². The minimum absolute atomic E-state index is 0.0450. The molecule has 2 atom stereocenters. The number of carbonyl (C=O) groups is 4. The van der Waals surface area contributed by atoms with Crippen molar-refractivity contribution in [2.24, 2.45) is 5.92 Å². The van der Waals surface area contributed by atoms with Crippen LogP contribution in [0.15, 0.2) is 48.5 Å². The van der Waals surface area contributed by atoms with Gasteiger partial charge in [0.1, 0.15) is 19.2 Å². The maximum atomic E-state index is 12.8. The third kappa shape index (κ3) is 4.99. The van der Waals surface area contributed by atoms with Gasteiger partial charge < -0.3 is 25.0 Å². The zero-order chi connectivity index (χ0) is 25.1. The molecule has 0 bridgehead atoms. The van der Waals surface area contributed by atoms with Gasteiger partial charge in [-0.15, -0.1) is 0 Å². The molecule has 0 spiro atoms. The van der Waals surface area contributed by atoms with Gasteiger partial charge in [-0.1, -0.05) is 55.5 Å². The van der Waals surface area contributed by atoms with Gasteiger partial charge in [-0.3, -0.25) is 9.59 Å². The fourth-order valence-electron chi connectivity index (χ4n) is 4.73. The SMILES string of the molecule is CC(CCNC(=O)OCC1c2ccccc2-c2ccccc21)C(=O)N1CC(=O)N(C)CC1C(=O)O. The lowest BCUT2D eigenvalue weighted by molar-refractivity contribution is -0.160. The Kier molecular flexibility index (Phi) is 7.04. The van der Waals surface area contributed by atoms with E-state index in [0.29, 0.717) is 0 Å². The number of hydrogen-bond acceptors (Lipinski definition) is 5. The van der Waals surface area contributed by atoms with E-state index in [4.69, 9.17) is 4.74 Å². The van der Waals surface area contributed by atoms with E-state index in [9.17, 15) is 24.3 Å². The van der Waals surface area contributed by atoms with Gasteiger partial charge in [0.15, 0.2) is 0 Å². The molecule has 1 aliphatic heterocycles. The Morgan fingerprint density at radius 1 is 1.09 bits per heavy atom. The number of likely N-dealkylation sites (N-methyl/N-ethyl adjacent to an activating group) is 1. The Bertz CT molecular complexity index is 1100. The van der Waals surface area contributed by atoms with E-state index in [0.717, 1.165) is 27.2 Å². The van der Waals surface area contributed by atoms with Gasteiger partial charge in [-0.05, 0) is 28.7 Å². The molecular weight excluding hydrogens is 450 g/mol. The molecule has 1 fully saturated rings. The summed E-state index contributed by atoms with van der Waals surface area (Å²) in [5.41, 5.74) is 4.53. The summed E-state index contributed by atoms with van der Waals surface area (Å²) in [5.74, 6) is -2.49. The number of aliphatic carboxylic acids is 1. The number of rotatable bonds is 7. The Hall–Kier alpha value is -3.88. The summed E-state index contributed by atoms with van der Waals surface area (Å²) in [7, 11) is 1.52. The quantitative estimate of drug-likeness (QED) is 0.630. The lowest BCUT2D eigenvalue weighted by Gasteiger charge is -2.38. The number of hydrogen-bond donors (Lipinski definition) is 2. The molecule has 9 nitrogen and oxygen atoms in total. The van der Waals surface area contributed by atoms with Gasteiger partial charge in [0.2, 0.25) is 11.8 Å². The van der Waals surface area contributed by atoms with E-state index in [1.54, 1.807) is 6.92 Å². The predicted octanol–water partition coefficient (Wildman–Crippen LogP) is 2.31. The zero-order valence-corrected chi connectivity index (χ0v) is 19.8. The van der Waals surface area contributed by atoms with Crippen LogP contribution in [0.3, 0.4) is 0 Å². The second-order valence-corrected chi connectivity index (χ2v) is 9.04. The molecule has 2 aromatic carbocycles. The fourth-order valence-corrected chi connectivity index (χ4v) is 4.73. The lowest BCUT2D eigenvalue weighted by atomic mass is 9.98. The molecule has 9 heteroatoms. The van der Waals surface area contributed by atoms with E-state index in [2.05, 4.69) is 17.4 Å².